The summed E-state index contributed by atoms with van der Waals surface area (Å²) in [7, 11) is 8.13. The largest absolute Gasteiger partial charge is 0.445 e. The van der Waals surface area contributed by atoms with Gasteiger partial charge in [0.1, 0.15) is 6.10 Å². The molecule has 0 aromatic rings. The van der Waals surface area contributed by atoms with Gasteiger partial charge in [-0.3, -0.25) is 0 Å². The Balaban J connectivity index is 4.25. The topological polar surface area (TPSA) is 62.0 Å². The number of rotatable bonds is 10. The van der Waals surface area contributed by atoms with E-state index >= 15 is 0 Å². The minimum atomic E-state index is -0.250. The van der Waals surface area contributed by atoms with Gasteiger partial charge in [-0.25, -0.2) is 4.79 Å². The Morgan fingerprint density at radius 1 is 1.00 bits per heavy atom. The quantitative estimate of drug-likeness (QED) is 0.640. The van der Waals surface area contributed by atoms with Gasteiger partial charge in [0.2, 0.25) is 0 Å². The number of hydrogen-bond donors (Lipinski definition) is 1. The molecule has 0 spiro atoms. The summed E-state index contributed by atoms with van der Waals surface area (Å²) in [5.74, 6) is 0. The molecule has 0 heterocycles. The number of amides is 1. The molecule has 1 atom stereocenters. The predicted molar refractivity (Wildman–Crippen MR) is 82.9 cm³/mol. The van der Waals surface area contributed by atoms with Crippen molar-refractivity contribution >= 4 is 6.09 Å². The zero-order valence-corrected chi connectivity index (χ0v) is 13.8. The molecule has 0 aromatic heterocycles. The first kappa shape index (κ1) is 19.1. The Morgan fingerprint density at radius 2 is 1.45 bits per heavy atom. The second-order valence-electron chi connectivity index (χ2n) is 5.73. The summed E-state index contributed by atoms with van der Waals surface area (Å²) in [6.07, 6.45) is 1.41. The number of carbonyl (C=O) groups excluding carboxylic acids is 1. The van der Waals surface area contributed by atoms with Crippen LogP contribution in [0.1, 0.15) is 19.8 Å². The summed E-state index contributed by atoms with van der Waals surface area (Å²) in [6.45, 7) is 5.54. The predicted octanol–water partition coefficient (Wildman–Crippen LogP) is 0.676. The van der Waals surface area contributed by atoms with Crippen LogP contribution in [0.2, 0.25) is 0 Å². The van der Waals surface area contributed by atoms with E-state index in [0.717, 1.165) is 39.0 Å². The van der Waals surface area contributed by atoms with E-state index in [9.17, 15) is 4.79 Å². The van der Waals surface area contributed by atoms with E-state index in [1.54, 1.807) is 4.90 Å². The van der Waals surface area contributed by atoms with Crippen molar-refractivity contribution in [1.82, 2.24) is 14.7 Å². The molecule has 0 bridgehead atoms. The Labute approximate surface area is 123 Å². The summed E-state index contributed by atoms with van der Waals surface area (Å²) in [6, 6.07) is 0. The highest BCUT2D eigenvalue weighted by Gasteiger charge is 2.16. The van der Waals surface area contributed by atoms with E-state index in [4.69, 9.17) is 10.5 Å². The van der Waals surface area contributed by atoms with Crippen molar-refractivity contribution in [3.05, 3.63) is 0 Å². The molecule has 0 radical (unpaired) electrons. The molecule has 1 unspecified atom stereocenters. The van der Waals surface area contributed by atoms with Crippen LogP contribution in [0.5, 0.6) is 0 Å². The SMILES string of the molecule is CC(CN)OC(=O)N(CCCN(C)C)CCCN(C)C. The maximum Gasteiger partial charge on any atom is 0.410 e. The van der Waals surface area contributed by atoms with Gasteiger partial charge in [-0.2, -0.15) is 0 Å². The van der Waals surface area contributed by atoms with E-state index in [-0.39, 0.29) is 12.2 Å². The van der Waals surface area contributed by atoms with Crippen LogP contribution in [-0.2, 0) is 4.74 Å². The minimum Gasteiger partial charge on any atom is -0.445 e. The lowest BCUT2D eigenvalue weighted by molar-refractivity contribution is 0.0711. The van der Waals surface area contributed by atoms with Gasteiger partial charge in [-0.1, -0.05) is 0 Å². The minimum absolute atomic E-state index is 0.229. The molecular formula is C14H32N4O2. The number of carbonyl (C=O) groups is 1. The average molecular weight is 288 g/mol. The van der Waals surface area contributed by atoms with Gasteiger partial charge >= 0.3 is 6.09 Å². The van der Waals surface area contributed by atoms with Crippen molar-refractivity contribution in [3.63, 3.8) is 0 Å². The average Bonchev–Trinajstić information content (AvgIpc) is 2.35. The van der Waals surface area contributed by atoms with Gasteiger partial charge in [0.25, 0.3) is 0 Å². The Morgan fingerprint density at radius 3 is 1.80 bits per heavy atom. The number of hydrogen-bond acceptors (Lipinski definition) is 5. The van der Waals surface area contributed by atoms with Gasteiger partial charge in [-0.05, 0) is 61.0 Å². The molecule has 0 aromatic carbocycles. The van der Waals surface area contributed by atoms with E-state index in [0.29, 0.717) is 6.54 Å². The monoisotopic (exact) mass is 288 g/mol. The van der Waals surface area contributed by atoms with Gasteiger partial charge in [0.15, 0.2) is 0 Å². The van der Waals surface area contributed by atoms with E-state index in [1.165, 1.54) is 0 Å². The molecule has 2 N–H and O–H groups in total. The summed E-state index contributed by atoms with van der Waals surface area (Å²) < 4.78 is 5.31. The summed E-state index contributed by atoms with van der Waals surface area (Å²) in [4.78, 5) is 18.1. The molecule has 0 rings (SSSR count). The van der Waals surface area contributed by atoms with Crippen LogP contribution in [0.15, 0.2) is 0 Å². The summed E-state index contributed by atoms with van der Waals surface area (Å²) in [5, 5.41) is 0. The van der Waals surface area contributed by atoms with Crippen LogP contribution < -0.4 is 5.73 Å². The molecule has 0 aliphatic carbocycles. The zero-order chi connectivity index (χ0) is 15.5. The summed E-state index contributed by atoms with van der Waals surface area (Å²) >= 11 is 0. The summed E-state index contributed by atoms with van der Waals surface area (Å²) in [5.41, 5.74) is 5.49. The van der Waals surface area contributed by atoms with Crippen LogP contribution in [0, 0.1) is 0 Å². The highest BCUT2D eigenvalue weighted by molar-refractivity contribution is 5.67. The molecule has 0 saturated carbocycles. The molecular weight excluding hydrogens is 256 g/mol. The second-order valence-corrected chi connectivity index (χ2v) is 5.73. The lowest BCUT2D eigenvalue weighted by atomic mass is 10.3. The second kappa shape index (κ2) is 10.9. The first-order valence-corrected chi connectivity index (χ1v) is 7.32. The normalized spacial score (nSPS) is 12.8. The van der Waals surface area contributed by atoms with Crippen molar-refractivity contribution in [2.24, 2.45) is 5.73 Å². The van der Waals surface area contributed by atoms with Gasteiger partial charge < -0.3 is 25.2 Å². The maximum atomic E-state index is 12.1. The molecule has 120 valence electrons. The van der Waals surface area contributed by atoms with Crippen LogP contribution in [0.3, 0.4) is 0 Å². The molecule has 0 aliphatic rings. The van der Waals surface area contributed by atoms with Crippen LogP contribution in [-0.4, -0.2) is 87.8 Å². The molecule has 6 heteroatoms. The fourth-order valence-electron chi connectivity index (χ4n) is 1.74. The smallest absolute Gasteiger partial charge is 0.410 e. The van der Waals surface area contributed by atoms with E-state index < -0.39 is 0 Å². The van der Waals surface area contributed by atoms with Crippen molar-refractivity contribution < 1.29 is 9.53 Å². The van der Waals surface area contributed by atoms with Crippen LogP contribution >= 0.6 is 0 Å². The molecule has 0 saturated heterocycles. The van der Waals surface area contributed by atoms with Crippen molar-refractivity contribution in [1.29, 1.82) is 0 Å². The lowest BCUT2D eigenvalue weighted by Crippen LogP contribution is -2.38. The molecule has 0 fully saturated rings. The third-order valence-electron chi connectivity index (χ3n) is 2.96. The molecule has 0 aliphatic heterocycles. The first-order chi connectivity index (χ1) is 9.36. The van der Waals surface area contributed by atoms with E-state index in [2.05, 4.69) is 9.80 Å². The molecule has 1 amide bonds. The Bertz CT molecular complexity index is 246. The standard InChI is InChI=1S/C14H32N4O2/c1-13(12-15)20-14(19)18(10-6-8-16(2)3)11-7-9-17(4)5/h13H,6-12,15H2,1-5H3. The van der Waals surface area contributed by atoms with Gasteiger partial charge in [0, 0.05) is 19.6 Å². The van der Waals surface area contributed by atoms with Crippen LogP contribution in [0.4, 0.5) is 4.79 Å². The third-order valence-corrected chi connectivity index (χ3v) is 2.96. The van der Waals surface area contributed by atoms with Crippen molar-refractivity contribution in [2.45, 2.75) is 25.9 Å². The highest BCUT2D eigenvalue weighted by atomic mass is 16.6. The zero-order valence-electron chi connectivity index (χ0n) is 13.8. The Kier molecular flexibility index (Phi) is 10.4. The first-order valence-electron chi connectivity index (χ1n) is 7.32. The van der Waals surface area contributed by atoms with Crippen molar-refractivity contribution in [2.75, 3.05) is 60.9 Å². The number of ether oxygens (including phenoxy) is 1. The van der Waals surface area contributed by atoms with Gasteiger partial charge in [0.05, 0.1) is 0 Å². The third kappa shape index (κ3) is 10.00. The lowest BCUT2D eigenvalue weighted by Gasteiger charge is -2.25. The van der Waals surface area contributed by atoms with E-state index in [1.807, 2.05) is 35.1 Å². The number of nitrogens with zero attached hydrogens (tertiary/aromatic N) is 3. The van der Waals surface area contributed by atoms with Crippen molar-refractivity contribution in [3.8, 4) is 0 Å². The Hall–Kier alpha value is -0.850. The van der Waals surface area contributed by atoms with Gasteiger partial charge in [-0.15, -0.1) is 0 Å². The fourth-order valence-corrected chi connectivity index (χ4v) is 1.74. The highest BCUT2D eigenvalue weighted by Crippen LogP contribution is 2.02. The maximum absolute atomic E-state index is 12.1. The van der Waals surface area contributed by atoms with Crippen LogP contribution in [0.25, 0.3) is 0 Å². The molecule has 6 nitrogen and oxygen atoms in total. The number of nitrogens with two attached hydrogens (primary N) is 1. The molecule has 20 heavy (non-hydrogen) atoms. The fraction of sp³-hybridized carbons (Fsp3) is 0.929.